The number of hydrogen-bond donors (Lipinski definition) is 2. The van der Waals surface area contributed by atoms with E-state index in [4.69, 9.17) is 16.3 Å². The highest BCUT2D eigenvalue weighted by Crippen LogP contribution is 2.25. The second kappa shape index (κ2) is 10.1. The molecule has 8 heteroatoms. The Bertz CT molecular complexity index is 1020. The minimum Gasteiger partial charge on any atom is -0.497 e. The zero-order chi connectivity index (χ0) is 21.5. The lowest BCUT2D eigenvalue weighted by molar-refractivity contribution is -0.137. The maximum Gasteiger partial charge on any atom is 0.303 e. The second-order valence-corrected chi connectivity index (χ2v) is 7.48. The van der Waals surface area contributed by atoms with Crippen LogP contribution in [0, 0.1) is 0 Å². The third kappa shape index (κ3) is 5.73. The number of aromatic nitrogens is 2. The molecule has 0 aliphatic rings. The number of nitrogens with one attached hydrogen (secondary N) is 1. The number of carbonyl (C=O) groups is 2. The van der Waals surface area contributed by atoms with Gasteiger partial charge in [-0.2, -0.15) is 5.10 Å². The van der Waals surface area contributed by atoms with Gasteiger partial charge in [-0.05, 0) is 42.3 Å². The highest BCUT2D eigenvalue weighted by Gasteiger charge is 2.19. The molecule has 0 bridgehead atoms. The van der Waals surface area contributed by atoms with Gasteiger partial charge >= 0.3 is 5.97 Å². The van der Waals surface area contributed by atoms with Crippen molar-refractivity contribution in [2.75, 3.05) is 13.7 Å². The Labute approximate surface area is 179 Å². The molecule has 1 amide bonds. The van der Waals surface area contributed by atoms with Gasteiger partial charge in [-0.1, -0.05) is 23.7 Å². The van der Waals surface area contributed by atoms with Crippen LogP contribution in [-0.2, 0) is 16.1 Å². The van der Waals surface area contributed by atoms with Crippen LogP contribution >= 0.6 is 11.6 Å². The first-order chi connectivity index (χ1) is 14.5. The Hall–Kier alpha value is -3.06. The quantitative estimate of drug-likeness (QED) is 0.477. The molecule has 3 rings (SSSR count). The van der Waals surface area contributed by atoms with Crippen LogP contribution in [0.25, 0.3) is 10.9 Å². The fraction of sp³-hybridized carbons (Fsp3) is 0.318. The fourth-order valence-electron chi connectivity index (χ4n) is 3.37. The van der Waals surface area contributed by atoms with Crippen LogP contribution in [0.4, 0.5) is 0 Å². The lowest BCUT2D eigenvalue weighted by atomic mass is 9.92. The summed E-state index contributed by atoms with van der Waals surface area (Å²) in [6, 6.07) is 12.7. The number of carbonyl (C=O) groups excluding carboxylic acids is 1. The standard InChI is InChI=1S/C22H24ClN3O4/c1-30-19-7-4-15(5-8-19)17(12-22(28)29)11-21(27)24-9-2-10-26-20-13-18(23)6-3-16(20)14-25-26/h3-8,13-14,17H,2,9-12H2,1H3,(H,24,27)(H,28,29). The van der Waals surface area contributed by atoms with Crippen molar-refractivity contribution in [1.82, 2.24) is 15.1 Å². The Morgan fingerprint density at radius 3 is 2.67 bits per heavy atom. The van der Waals surface area contributed by atoms with E-state index in [1.165, 1.54) is 0 Å². The minimum absolute atomic E-state index is 0.110. The lowest BCUT2D eigenvalue weighted by Crippen LogP contribution is -2.27. The van der Waals surface area contributed by atoms with Crippen molar-refractivity contribution in [2.24, 2.45) is 0 Å². The number of nitrogens with zero attached hydrogens (tertiary/aromatic N) is 2. The molecular weight excluding hydrogens is 406 g/mol. The Morgan fingerprint density at radius 2 is 1.97 bits per heavy atom. The van der Waals surface area contributed by atoms with Crippen molar-refractivity contribution in [3.63, 3.8) is 0 Å². The third-order valence-corrected chi connectivity index (χ3v) is 5.15. The topological polar surface area (TPSA) is 93.5 Å². The monoisotopic (exact) mass is 429 g/mol. The molecule has 1 heterocycles. The number of rotatable bonds is 10. The number of methoxy groups -OCH3 is 1. The van der Waals surface area contributed by atoms with Gasteiger partial charge < -0.3 is 15.2 Å². The summed E-state index contributed by atoms with van der Waals surface area (Å²) in [5.74, 6) is -0.825. The molecule has 1 aromatic heterocycles. The molecule has 0 radical (unpaired) electrons. The summed E-state index contributed by atoms with van der Waals surface area (Å²) in [6.07, 6.45) is 2.48. The van der Waals surface area contributed by atoms with Gasteiger partial charge in [-0.15, -0.1) is 0 Å². The number of ether oxygens (including phenoxy) is 1. The maximum atomic E-state index is 12.4. The second-order valence-electron chi connectivity index (χ2n) is 7.05. The predicted molar refractivity (Wildman–Crippen MR) is 115 cm³/mol. The van der Waals surface area contributed by atoms with Gasteiger partial charge in [-0.3, -0.25) is 14.3 Å². The zero-order valence-corrected chi connectivity index (χ0v) is 17.4. The van der Waals surface area contributed by atoms with E-state index in [9.17, 15) is 14.7 Å². The molecule has 3 aromatic rings. The van der Waals surface area contributed by atoms with E-state index < -0.39 is 11.9 Å². The van der Waals surface area contributed by atoms with E-state index in [-0.39, 0.29) is 18.7 Å². The van der Waals surface area contributed by atoms with Gasteiger partial charge in [0.1, 0.15) is 5.75 Å². The van der Waals surface area contributed by atoms with Gasteiger partial charge in [0, 0.05) is 35.8 Å². The van der Waals surface area contributed by atoms with Crippen molar-refractivity contribution in [3.8, 4) is 5.75 Å². The average Bonchev–Trinajstić information content (AvgIpc) is 3.12. The molecule has 1 unspecified atom stereocenters. The number of carboxylic acids is 1. The smallest absolute Gasteiger partial charge is 0.303 e. The van der Waals surface area contributed by atoms with Gasteiger partial charge in [0.15, 0.2) is 0 Å². The number of carboxylic acid groups (broad SMARTS) is 1. The summed E-state index contributed by atoms with van der Waals surface area (Å²) in [7, 11) is 1.57. The number of aryl methyl sites for hydroxylation is 1. The Morgan fingerprint density at radius 1 is 1.20 bits per heavy atom. The van der Waals surface area contributed by atoms with Crippen LogP contribution in [-0.4, -0.2) is 40.4 Å². The highest BCUT2D eigenvalue weighted by molar-refractivity contribution is 6.31. The summed E-state index contributed by atoms with van der Waals surface area (Å²) in [5.41, 5.74) is 1.75. The molecule has 0 fully saturated rings. The van der Waals surface area contributed by atoms with Crippen LogP contribution in [0.15, 0.2) is 48.7 Å². The van der Waals surface area contributed by atoms with Gasteiger partial charge in [0.2, 0.25) is 5.91 Å². The predicted octanol–water partition coefficient (Wildman–Crippen LogP) is 3.85. The average molecular weight is 430 g/mol. The molecular formula is C22H24ClN3O4. The molecule has 0 aliphatic carbocycles. The van der Waals surface area contributed by atoms with E-state index in [1.807, 2.05) is 22.9 Å². The number of aliphatic carboxylic acids is 1. The first kappa shape index (κ1) is 21.6. The van der Waals surface area contributed by atoms with Crippen molar-refractivity contribution in [1.29, 1.82) is 0 Å². The molecule has 30 heavy (non-hydrogen) atoms. The van der Waals surface area contributed by atoms with Crippen LogP contribution < -0.4 is 10.1 Å². The number of fused-ring (bicyclic) bond motifs is 1. The largest absolute Gasteiger partial charge is 0.497 e. The molecule has 2 aromatic carbocycles. The van der Waals surface area contributed by atoms with Crippen LogP contribution in [0.1, 0.15) is 30.7 Å². The molecule has 0 saturated carbocycles. The summed E-state index contributed by atoms with van der Waals surface area (Å²) in [4.78, 5) is 23.6. The van der Waals surface area contributed by atoms with E-state index in [1.54, 1.807) is 37.6 Å². The fourth-order valence-corrected chi connectivity index (χ4v) is 3.54. The SMILES string of the molecule is COc1ccc(C(CC(=O)O)CC(=O)NCCCn2ncc3ccc(Cl)cc32)cc1. The van der Waals surface area contributed by atoms with Crippen LogP contribution in [0.2, 0.25) is 5.02 Å². The number of halogens is 1. The van der Waals surface area contributed by atoms with Gasteiger partial charge in [0.25, 0.3) is 0 Å². The normalized spacial score (nSPS) is 11.9. The van der Waals surface area contributed by atoms with Crippen molar-refractivity contribution >= 4 is 34.4 Å². The Balaban J connectivity index is 1.52. The molecule has 1 atom stereocenters. The molecule has 7 nitrogen and oxygen atoms in total. The molecule has 158 valence electrons. The van der Waals surface area contributed by atoms with E-state index in [2.05, 4.69) is 10.4 Å². The van der Waals surface area contributed by atoms with Crippen molar-refractivity contribution in [3.05, 3.63) is 59.2 Å². The molecule has 0 spiro atoms. The third-order valence-electron chi connectivity index (χ3n) is 4.92. The van der Waals surface area contributed by atoms with Crippen LogP contribution in [0.3, 0.4) is 0 Å². The van der Waals surface area contributed by atoms with Gasteiger partial charge in [0.05, 0.1) is 25.2 Å². The summed E-state index contributed by atoms with van der Waals surface area (Å²) < 4.78 is 6.99. The van der Waals surface area contributed by atoms with Crippen molar-refractivity contribution in [2.45, 2.75) is 31.7 Å². The van der Waals surface area contributed by atoms with Crippen LogP contribution in [0.5, 0.6) is 5.75 Å². The van der Waals surface area contributed by atoms with Gasteiger partial charge in [-0.25, -0.2) is 0 Å². The number of amides is 1. The first-order valence-corrected chi connectivity index (χ1v) is 10.1. The first-order valence-electron chi connectivity index (χ1n) is 9.70. The zero-order valence-electron chi connectivity index (χ0n) is 16.7. The highest BCUT2D eigenvalue weighted by atomic mass is 35.5. The maximum absolute atomic E-state index is 12.4. The molecule has 0 aliphatic heterocycles. The van der Waals surface area contributed by atoms with E-state index in [0.29, 0.717) is 30.3 Å². The summed E-state index contributed by atoms with van der Waals surface area (Å²) >= 11 is 6.06. The van der Waals surface area contributed by atoms with E-state index >= 15 is 0 Å². The Kier molecular flexibility index (Phi) is 7.30. The molecule has 2 N–H and O–H groups in total. The molecule has 0 saturated heterocycles. The number of benzene rings is 2. The number of hydrogen-bond acceptors (Lipinski definition) is 4. The van der Waals surface area contributed by atoms with Crippen molar-refractivity contribution < 1.29 is 19.4 Å². The summed E-state index contributed by atoms with van der Waals surface area (Å²) in [5, 5.41) is 18.1. The summed E-state index contributed by atoms with van der Waals surface area (Å²) in [6.45, 7) is 1.12. The minimum atomic E-state index is -0.937. The lowest BCUT2D eigenvalue weighted by Gasteiger charge is -2.16. The van der Waals surface area contributed by atoms with E-state index in [0.717, 1.165) is 16.5 Å².